The zero-order chi connectivity index (χ0) is 16.1. The van der Waals surface area contributed by atoms with Crippen LogP contribution in [0.2, 0.25) is 5.02 Å². The van der Waals surface area contributed by atoms with E-state index < -0.39 is 5.97 Å². The maximum atomic E-state index is 11.2. The van der Waals surface area contributed by atoms with Crippen molar-refractivity contribution in [3.05, 3.63) is 64.2 Å². The van der Waals surface area contributed by atoms with E-state index in [4.69, 9.17) is 11.6 Å². The van der Waals surface area contributed by atoms with Gasteiger partial charge in [-0.2, -0.15) is 0 Å². The van der Waals surface area contributed by atoms with Crippen molar-refractivity contribution in [1.29, 1.82) is 0 Å². The third kappa shape index (κ3) is 2.34. The van der Waals surface area contributed by atoms with Crippen LogP contribution in [-0.2, 0) is 10.2 Å². The highest BCUT2D eigenvalue weighted by Crippen LogP contribution is 2.48. The van der Waals surface area contributed by atoms with Crippen LogP contribution in [0, 0.1) is 0 Å². The summed E-state index contributed by atoms with van der Waals surface area (Å²) in [7, 11) is 0. The fraction of sp³-hybridized carbons (Fsp3) is 0.211. The molecule has 0 aromatic heterocycles. The van der Waals surface area contributed by atoms with Gasteiger partial charge in [0.2, 0.25) is 0 Å². The first kappa shape index (κ1) is 14.9. The van der Waals surface area contributed by atoms with Gasteiger partial charge in [0.15, 0.2) is 0 Å². The molecule has 0 radical (unpaired) electrons. The van der Waals surface area contributed by atoms with Crippen molar-refractivity contribution >= 4 is 23.1 Å². The minimum Gasteiger partial charge on any atom is -0.478 e. The number of hydrogen-bond acceptors (Lipinski definition) is 1. The largest absolute Gasteiger partial charge is 0.478 e. The van der Waals surface area contributed by atoms with Crippen LogP contribution < -0.4 is 0 Å². The summed E-state index contributed by atoms with van der Waals surface area (Å²) in [4.78, 5) is 11.2. The van der Waals surface area contributed by atoms with Gasteiger partial charge in [0.05, 0.1) is 0 Å². The molecule has 2 nitrogen and oxygen atoms in total. The number of fused-ring (bicyclic) bond motifs is 3. The highest BCUT2D eigenvalue weighted by atomic mass is 35.5. The van der Waals surface area contributed by atoms with Gasteiger partial charge in [-0.25, -0.2) is 4.79 Å². The third-order valence-electron chi connectivity index (χ3n) is 4.02. The van der Waals surface area contributed by atoms with Crippen LogP contribution in [0.15, 0.2) is 42.5 Å². The lowest BCUT2D eigenvalue weighted by atomic mass is 9.85. The van der Waals surface area contributed by atoms with Gasteiger partial charge in [-0.05, 0) is 45.4 Å². The Morgan fingerprint density at radius 3 is 2.45 bits per heavy atom. The minimum absolute atomic E-state index is 0.00192. The Hall–Kier alpha value is -2.06. The molecule has 3 heteroatoms. The molecule has 0 heterocycles. The number of aliphatic carboxylic acids is 1. The predicted molar refractivity (Wildman–Crippen MR) is 90.3 cm³/mol. The van der Waals surface area contributed by atoms with E-state index in [9.17, 15) is 9.90 Å². The molecular weight excluding hydrogens is 296 g/mol. The Morgan fingerprint density at radius 2 is 1.82 bits per heavy atom. The van der Waals surface area contributed by atoms with E-state index in [-0.39, 0.29) is 5.41 Å². The van der Waals surface area contributed by atoms with Gasteiger partial charge < -0.3 is 5.11 Å². The topological polar surface area (TPSA) is 37.3 Å². The number of carbonyl (C=O) groups is 1. The standard InChI is InChI=1S/C19H17ClO2/c1-19(2,3)11-7-8-13-14(9-11)15(10-17(21)22)12-5-4-6-16(20)18(12)13/h4-10H,1-3H3,(H,21,22)/b15-10+. The lowest BCUT2D eigenvalue weighted by Gasteiger charge is -2.20. The second kappa shape index (κ2) is 4.99. The van der Waals surface area contributed by atoms with E-state index >= 15 is 0 Å². The minimum atomic E-state index is -0.949. The fourth-order valence-corrected chi connectivity index (χ4v) is 3.17. The zero-order valence-corrected chi connectivity index (χ0v) is 13.5. The zero-order valence-electron chi connectivity index (χ0n) is 12.8. The van der Waals surface area contributed by atoms with Gasteiger partial charge >= 0.3 is 5.97 Å². The molecule has 0 unspecified atom stereocenters. The van der Waals surface area contributed by atoms with Crippen LogP contribution in [0.4, 0.5) is 0 Å². The van der Waals surface area contributed by atoms with Crippen molar-refractivity contribution in [3.8, 4) is 11.1 Å². The van der Waals surface area contributed by atoms with E-state index in [1.54, 1.807) is 0 Å². The van der Waals surface area contributed by atoms with E-state index in [1.165, 1.54) is 11.6 Å². The third-order valence-corrected chi connectivity index (χ3v) is 4.33. The molecule has 3 rings (SSSR count). The predicted octanol–water partition coefficient (Wildman–Crippen LogP) is 5.13. The average Bonchev–Trinajstić information content (AvgIpc) is 2.72. The highest BCUT2D eigenvalue weighted by Gasteiger charge is 2.27. The fourth-order valence-electron chi connectivity index (χ4n) is 2.90. The first-order chi connectivity index (χ1) is 10.3. The highest BCUT2D eigenvalue weighted by molar-refractivity contribution is 6.34. The maximum Gasteiger partial charge on any atom is 0.328 e. The van der Waals surface area contributed by atoms with Crippen LogP contribution in [0.5, 0.6) is 0 Å². The first-order valence-corrected chi connectivity index (χ1v) is 7.55. The Bertz CT molecular complexity index is 811. The summed E-state index contributed by atoms with van der Waals surface area (Å²) in [6, 6.07) is 11.8. The van der Waals surface area contributed by atoms with Crippen LogP contribution in [-0.4, -0.2) is 11.1 Å². The number of benzene rings is 2. The molecule has 0 saturated heterocycles. The molecule has 0 fully saturated rings. The van der Waals surface area contributed by atoms with Crippen LogP contribution in [0.25, 0.3) is 16.7 Å². The Kier molecular flexibility index (Phi) is 3.37. The molecule has 0 spiro atoms. The van der Waals surface area contributed by atoms with Gasteiger partial charge in [0.25, 0.3) is 0 Å². The van der Waals surface area contributed by atoms with E-state index in [0.717, 1.165) is 27.8 Å². The number of carboxylic acids is 1. The Labute approximate surface area is 135 Å². The maximum absolute atomic E-state index is 11.2. The Morgan fingerprint density at radius 1 is 1.09 bits per heavy atom. The van der Waals surface area contributed by atoms with Gasteiger partial charge in [-0.1, -0.05) is 56.6 Å². The van der Waals surface area contributed by atoms with Gasteiger partial charge in [0.1, 0.15) is 0 Å². The van der Waals surface area contributed by atoms with Gasteiger partial charge in [0, 0.05) is 16.7 Å². The van der Waals surface area contributed by atoms with Crippen molar-refractivity contribution in [2.24, 2.45) is 0 Å². The summed E-state index contributed by atoms with van der Waals surface area (Å²) < 4.78 is 0. The second-order valence-electron chi connectivity index (χ2n) is 6.57. The number of carboxylic acid groups (broad SMARTS) is 1. The first-order valence-electron chi connectivity index (χ1n) is 7.18. The summed E-state index contributed by atoms with van der Waals surface area (Å²) in [6.45, 7) is 6.43. The van der Waals surface area contributed by atoms with Gasteiger partial charge in [-0.3, -0.25) is 0 Å². The Balaban J connectivity index is 2.33. The van der Waals surface area contributed by atoms with Crippen molar-refractivity contribution in [2.75, 3.05) is 0 Å². The van der Waals surface area contributed by atoms with E-state index in [0.29, 0.717) is 5.02 Å². The normalized spacial score (nSPS) is 14.8. The van der Waals surface area contributed by atoms with E-state index in [2.05, 4.69) is 32.9 Å². The van der Waals surface area contributed by atoms with E-state index in [1.807, 2.05) is 24.3 Å². The molecule has 22 heavy (non-hydrogen) atoms. The molecule has 2 aromatic carbocycles. The summed E-state index contributed by atoms with van der Waals surface area (Å²) >= 11 is 6.35. The SMILES string of the molecule is CC(C)(C)c1ccc2c(c1)/C(=C/C(=O)O)c1cccc(Cl)c1-2. The molecule has 1 aliphatic rings. The summed E-state index contributed by atoms with van der Waals surface area (Å²) in [5.74, 6) is -0.949. The van der Waals surface area contributed by atoms with Crippen LogP contribution in [0.3, 0.4) is 0 Å². The molecule has 2 aromatic rings. The van der Waals surface area contributed by atoms with Crippen molar-refractivity contribution < 1.29 is 9.90 Å². The number of hydrogen-bond donors (Lipinski definition) is 1. The quantitative estimate of drug-likeness (QED) is 0.632. The monoisotopic (exact) mass is 312 g/mol. The molecule has 0 amide bonds. The summed E-state index contributed by atoms with van der Waals surface area (Å²) in [5, 5.41) is 9.86. The number of halogens is 1. The summed E-state index contributed by atoms with van der Waals surface area (Å²) in [5.41, 5.74) is 5.65. The molecule has 1 N–H and O–H groups in total. The van der Waals surface area contributed by atoms with Gasteiger partial charge in [-0.15, -0.1) is 0 Å². The molecule has 0 bridgehead atoms. The second-order valence-corrected chi connectivity index (χ2v) is 6.98. The molecule has 0 atom stereocenters. The molecule has 0 saturated carbocycles. The number of rotatable bonds is 1. The van der Waals surface area contributed by atoms with Crippen molar-refractivity contribution in [1.82, 2.24) is 0 Å². The molecule has 1 aliphatic carbocycles. The van der Waals surface area contributed by atoms with Crippen molar-refractivity contribution in [2.45, 2.75) is 26.2 Å². The molecular formula is C19H17ClO2. The van der Waals surface area contributed by atoms with Crippen LogP contribution in [0.1, 0.15) is 37.5 Å². The summed E-state index contributed by atoms with van der Waals surface area (Å²) in [6.07, 6.45) is 1.27. The molecule has 0 aliphatic heterocycles. The van der Waals surface area contributed by atoms with Crippen LogP contribution >= 0.6 is 11.6 Å². The lowest BCUT2D eigenvalue weighted by Crippen LogP contribution is -2.11. The van der Waals surface area contributed by atoms with Crippen molar-refractivity contribution in [3.63, 3.8) is 0 Å². The molecule has 112 valence electrons. The average molecular weight is 313 g/mol. The lowest BCUT2D eigenvalue weighted by molar-refractivity contribution is -0.131. The smallest absolute Gasteiger partial charge is 0.328 e.